The molecular weight excluding hydrogens is 284 g/mol. The molecule has 0 aliphatic heterocycles. The van der Waals surface area contributed by atoms with Gasteiger partial charge in [0.2, 0.25) is 0 Å². The molecule has 0 bridgehead atoms. The van der Waals surface area contributed by atoms with Crippen molar-refractivity contribution in [3.05, 3.63) is 64.2 Å². The lowest BCUT2D eigenvalue weighted by atomic mass is 10.1. The molecule has 2 aromatic rings. The number of carbonyl (C=O) groups is 1. The summed E-state index contributed by atoms with van der Waals surface area (Å²) in [6.07, 6.45) is 0. The molecule has 2 rings (SSSR count). The Bertz CT molecular complexity index is 712. The molecule has 0 atom stereocenters. The first-order chi connectivity index (χ1) is 10.1. The van der Waals surface area contributed by atoms with E-state index in [4.69, 9.17) is 17.3 Å². The summed E-state index contributed by atoms with van der Waals surface area (Å²) in [6.45, 7) is 2.26. The second kappa shape index (κ2) is 6.94. The quantitative estimate of drug-likeness (QED) is 0.837. The highest BCUT2D eigenvalue weighted by Crippen LogP contribution is 2.16. The molecule has 4 heteroatoms. The monoisotopic (exact) mass is 298 g/mol. The highest BCUT2D eigenvalue weighted by Gasteiger charge is 2.06. The van der Waals surface area contributed by atoms with Crippen LogP contribution in [0.25, 0.3) is 0 Å². The first-order valence-electron chi connectivity index (χ1n) is 6.46. The summed E-state index contributed by atoms with van der Waals surface area (Å²) >= 11 is 5.81. The number of carbonyl (C=O) groups excluding carboxylic acids is 1. The Morgan fingerprint density at radius 1 is 1.24 bits per heavy atom. The highest BCUT2D eigenvalue weighted by molar-refractivity contribution is 6.30. The predicted molar refractivity (Wildman–Crippen MR) is 86.5 cm³/mol. The molecule has 0 saturated carbocycles. The van der Waals surface area contributed by atoms with Crippen molar-refractivity contribution in [2.24, 2.45) is 5.73 Å². The zero-order chi connectivity index (χ0) is 15.2. The molecule has 3 nitrogen and oxygen atoms in total. The first-order valence-corrected chi connectivity index (χ1v) is 6.84. The van der Waals surface area contributed by atoms with Gasteiger partial charge in [-0.25, -0.2) is 0 Å². The van der Waals surface area contributed by atoms with Crippen LogP contribution in [0.4, 0.5) is 5.69 Å². The fourth-order valence-electron chi connectivity index (χ4n) is 1.89. The maximum atomic E-state index is 12.2. The number of nitrogens with one attached hydrogen (secondary N) is 1. The number of rotatable bonds is 2. The number of amides is 1. The largest absolute Gasteiger partial charge is 0.322 e. The number of anilines is 1. The standard InChI is InChI=1S/C17H15ClN2O/c1-12-9-13(3-2-8-19)11-16(10-12)20-17(21)14-4-6-15(18)7-5-14/h4-7,9-11H,8,19H2,1H3,(H,20,21). The number of halogens is 1. The van der Waals surface area contributed by atoms with E-state index >= 15 is 0 Å². The Balaban J connectivity index is 2.20. The van der Waals surface area contributed by atoms with E-state index in [1.54, 1.807) is 24.3 Å². The Kier molecular flexibility index (Phi) is 4.99. The van der Waals surface area contributed by atoms with Crippen LogP contribution in [0.1, 0.15) is 21.5 Å². The lowest BCUT2D eigenvalue weighted by Crippen LogP contribution is -2.11. The van der Waals surface area contributed by atoms with Gasteiger partial charge in [-0.3, -0.25) is 4.79 Å². The molecule has 0 aliphatic rings. The van der Waals surface area contributed by atoms with Crippen LogP contribution in [0.15, 0.2) is 42.5 Å². The van der Waals surface area contributed by atoms with E-state index in [2.05, 4.69) is 17.2 Å². The minimum absolute atomic E-state index is 0.185. The second-order valence-electron chi connectivity index (χ2n) is 4.55. The van der Waals surface area contributed by atoms with Crippen LogP contribution < -0.4 is 11.1 Å². The van der Waals surface area contributed by atoms with Crippen LogP contribution >= 0.6 is 11.6 Å². The van der Waals surface area contributed by atoms with Gasteiger partial charge in [-0.2, -0.15) is 0 Å². The average Bonchev–Trinajstić information content (AvgIpc) is 2.45. The Hall–Kier alpha value is -2.28. The van der Waals surface area contributed by atoms with Gasteiger partial charge in [0, 0.05) is 21.8 Å². The van der Waals surface area contributed by atoms with Crippen LogP contribution in [0, 0.1) is 18.8 Å². The van der Waals surface area contributed by atoms with Crippen molar-refractivity contribution in [1.29, 1.82) is 0 Å². The molecule has 0 fully saturated rings. The van der Waals surface area contributed by atoms with E-state index in [1.165, 1.54) is 0 Å². The number of hydrogen-bond acceptors (Lipinski definition) is 2. The minimum atomic E-state index is -0.185. The smallest absolute Gasteiger partial charge is 0.255 e. The third-order valence-corrected chi connectivity index (χ3v) is 3.03. The summed E-state index contributed by atoms with van der Waals surface area (Å²) in [5, 5.41) is 3.45. The fraction of sp³-hybridized carbons (Fsp3) is 0.118. The summed E-state index contributed by atoms with van der Waals surface area (Å²) in [4.78, 5) is 12.2. The molecule has 2 aromatic carbocycles. The van der Waals surface area contributed by atoms with Gasteiger partial charge in [0.1, 0.15) is 0 Å². The van der Waals surface area contributed by atoms with Crippen molar-refractivity contribution >= 4 is 23.2 Å². The number of nitrogens with two attached hydrogens (primary N) is 1. The lowest BCUT2D eigenvalue weighted by Gasteiger charge is -2.07. The third-order valence-electron chi connectivity index (χ3n) is 2.78. The lowest BCUT2D eigenvalue weighted by molar-refractivity contribution is 0.102. The topological polar surface area (TPSA) is 55.1 Å². The molecule has 0 heterocycles. The van der Waals surface area contributed by atoms with Crippen molar-refractivity contribution in [3.8, 4) is 11.8 Å². The van der Waals surface area contributed by atoms with E-state index in [-0.39, 0.29) is 5.91 Å². The molecule has 3 N–H and O–H groups in total. The molecule has 106 valence electrons. The van der Waals surface area contributed by atoms with Gasteiger partial charge in [0.25, 0.3) is 5.91 Å². The molecule has 0 unspecified atom stereocenters. The van der Waals surface area contributed by atoms with Crippen LogP contribution in [-0.4, -0.2) is 12.5 Å². The van der Waals surface area contributed by atoms with Gasteiger partial charge < -0.3 is 11.1 Å². The highest BCUT2D eigenvalue weighted by atomic mass is 35.5. The van der Waals surface area contributed by atoms with Gasteiger partial charge in [-0.1, -0.05) is 23.4 Å². The third kappa shape index (κ3) is 4.35. The molecule has 0 aromatic heterocycles. The van der Waals surface area contributed by atoms with Crippen molar-refractivity contribution in [2.75, 3.05) is 11.9 Å². The Labute approximate surface area is 129 Å². The van der Waals surface area contributed by atoms with E-state index in [9.17, 15) is 4.79 Å². The zero-order valence-electron chi connectivity index (χ0n) is 11.6. The van der Waals surface area contributed by atoms with Crippen LogP contribution in [0.5, 0.6) is 0 Å². The summed E-state index contributed by atoms with van der Waals surface area (Å²) in [5.41, 5.74) is 8.47. The summed E-state index contributed by atoms with van der Waals surface area (Å²) in [6, 6.07) is 12.4. The Morgan fingerprint density at radius 2 is 1.95 bits per heavy atom. The molecular formula is C17H15ClN2O. The molecule has 0 radical (unpaired) electrons. The van der Waals surface area contributed by atoms with E-state index in [0.717, 1.165) is 11.1 Å². The Morgan fingerprint density at radius 3 is 2.62 bits per heavy atom. The van der Waals surface area contributed by atoms with E-state index in [1.807, 2.05) is 25.1 Å². The van der Waals surface area contributed by atoms with E-state index in [0.29, 0.717) is 22.8 Å². The average molecular weight is 299 g/mol. The summed E-state index contributed by atoms with van der Waals surface area (Å²) < 4.78 is 0. The van der Waals surface area contributed by atoms with Crippen LogP contribution in [-0.2, 0) is 0 Å². The first kappa shape index (κ1) is 15.1. The zero-order valence-corrected chi connectivity index (χ0v) is 12.4. The number of benzene rings is 2. The van der Waals surface area contributed by atoms with Crippen molar-refractivity contribution in [3.63, 3.8) is 0 Å². The molecule has 0 aliphatic carbocycles. The van der Waals surface area contributed by atoms with Crippen molar-refractivity contribution in [1.82, 2.24) is 0 Å². The van der Waals surface area contributed by atoms with Gasteiger partial charge in [-0.15, -0.1) is 0 Å². The SMILES string of the molecule is Cc1cc(C#CCN)cc(NC(=O)c2ccc(Cl)cc2)c1. The van der Waals surface area contributed by atoms with Gasteiger partial charge in [-0.05, 0) is 55.0 Å². The van der Waals surface area contributed by atoms with Crippen LogP contribution in [0.2, 0.25) is 5.02 Å². The maximum Gasteiger partial charge on any atom is 0.255 e. The predicted octanol–water partition coefficient (Wildman–Crippen LogP) is 3.21. The van der Waals surface area contributed by atoms with Gasteiger partial charge >= 0.3 is 0 Å². The summed E-state index contributed by atoms with van der Waals surface area (Å²) in [5.74, 6) is 5.58. The minimum Gasteiger partial charge on any atom is -0.322 e. The molecule has 21 heavy (non-hydrogen) atoms. The maximum absolute atomic E-state index is 12.2. The van der Waals surface area contributed by atoms with Gasteiger partial charge in [0.15, 0.2) is 0 Å². The van der Waals surface area contributed by atoms with E-state index < -0.39 is 0 Å². The summed E-state index contributed by atoms with van der Waals surface area (Å²) in [7, 11) is 0. The van der Waals surface area contributed by atoms with Crippen LogP contribution in [0.3, 0.4) is 0 Å². The van der Waals surface area contributed by atoms with Crippen molar-refractivity contribution < 1.29 is 4.79 Å². The molecule has 1 amide bonds. The normalized spacial score (nSPS) is 9.67. The molecule has 0 spiro atoms. The second-order valence-corrected chi connectivity index (χ2v) is 4.99. The van der Waals surface area contributed by atoms with Gasteiger partial charge in [0.05, 0.1) is 6.54 Å². The van der Waals surface area contributed by atoms with Crippen molar-refractivity contribution in [2.45, 2.75) is 6.92 Å². The number of hydrogen-bond donors (Lipinski definition) is 2. The fourth-order valence-corrected chi connectivity index (χ4v) is 2.01. The molecule has 0 saturated heterocycles. The number of aryl methyl sites for hydroxylation is 1.